The third kappa shape index (κ3) is 3.53. The van der Waals surface area contributed by atoms with E-state index in [9.17, 15) is 5.11 Å². The molecule has 0 aromatic carbocycles. The largest absolute Gasteiger partial charge is 0.396 e. The zero-order valence-corrected chi connectivity index (χ0v) is 11.2. The molecule has 0 spiro atoms. The van der Waals surface area contributed by atoms with Gasteiger partial charge in [-0.3, -0.25) is 4.98 Å². The molecular weight excluding hydrogens is 224 g/mol. The first-order chi connectivity index (χ1) is 8.81. The van der Waals surface area contributed by atoms with Gasteiger partial charge in [0.05, 0.1) is 0 Å². The van der Waals surface area contributed by atoms with Crippen molar-refractivity contribution in [3.8, 4) is 0 Å². The number of aliphatic hydroxyl groups excluding tert-OH is 1. The van der Waals surface area contributed by atoms with E-state index < -0.39 is 0 Å². The van der Waals surface area contributed by atoms with Gasteiger partial charge in [0.25, 0.3) is 0 Å². The van der Waals surface area contributed by atoms with Crippen molar-refractivity contribution in [3.05, 3.63) is 30.1 Å². The molecule has 18 heavy (non-hydrogen) atoms. The highest BCUT2D eigenvalue weighted by molar-refractivity contribution is 5.13. The summed E-state index contributed by atoms with van der Waals surface area (Å²) in [6.45, 7) is 3.54. The van der Waals surface area contributed by atoms with E-state index in [0.29, 0.717) is 24.5 Å². The third-order valence-electron chi connectivity index (χ3n) is 4.19. The molecule has 2 rings (SSSR count). The van der Waals surface area contributed by atoms with Gasteiger partial charge in [0.15, 0.2) is 0 Å². The second-order valence-corrected chi connectivity index (χ2v) is 5.40. The summed E-state index contributed by atoms with van der Waals surface area (Å²) in [6, 6.07) is 4.47. The zero-order valence-electron chi connectivity index (χ0n) is 11.2. The van der Waals surface area contributed by atoms with Crippen LogP contribution in [0.15, 0.2) is 24.5 Å². The average molecular weight is 248 g/mol. The average Bonchev–Trinajstić information content (AvgIpc) is 2.46. The summed E-state index contributed by atoms with van der Waals surface area (Å²) in [5, 5.41) is 13.0. The Bertz CT molecular complexity index is 342. The summed E-state index contributed by atoms with van der Waals surface area (Å²) in [5.74, 6) is 1.13. The maximum absolute atomic E-state index is 9.41. The Morgan fingerprint density at radius 2 is 1.94 bits per heavy atom. The summed E-state index contributed by atoms with van der Waals surface area (Å²) in [6.07, 6.45) is 8.71. The smallest absolute Gasteiger partial charge is 0.0462 e. The topological polar surface area (TPSA) is 45.1 Å². The molecule has 1 aromatic heterocycles. The molecule has 3 heteroatoms. The van der Waals surface area contributed by atoms with Crippen LogP contribution >= 0.6 is 0 Å². The van der Waals surface area contributed by atoms with Gasteiger partial charge in [0.1, 0.15) is 0 Å². The van der Waals surface area contributed by atoms with E-state index in [1.54, 1.807) is 0 Å². The molecule has 0 saturated heterocycles. The fraction of sp³-hybridized carbons (Fsp3) is 0.667. The molecule has 1 heterocycles. The number of nitrogens with zero attached hydrogens (tertiary/aromatic N) is 1. The summed E-state index contributed by atoms with van der Waals surface area (Å²) < 4.78 is 0. The first-order valence-corrected chi connectivity index (χ1v) is 7.05. The van der Waals surface area contributed by atoms with Gasteiger partial charge < -0.3 is 10.4 Å². The van der Waals surface area contributed by atoms with E-state index in [1.165, 1.54) is 31.2 Å². The van der Waals surface area contributed by atoms with E-state index in [2.05, 4.69) is 29.4 Å². The Kier molecular flexibility index (Phi) is 5.14. The number of hydrogen-bond donors (Lipinski definition) is 2. The van der Waals surface area contributed by atoms with Crippen molar-refractivity contribution >= 4 is 0 Å². The summed E-state index contributed by atoms with van der Waals surface area (Å²) in [5.41, 5.74) is 1.28. The fourth-order valence-electron chi connectivity index (χ4n) is 2.89. The number of nitrogens with one attached hydrogen (secondary N) is 1. The summed E-state index contributed by atoms with van der Waals surface area (Å²) in [4.78, 5) is 4.04. The minimum Gasteiger partial charge on any atom is -0.396 e. The SMILES string of the molecule is CC(NCC1CCCCC1CO)c1ccncc1. The van der Waals surface area contributed by atoms with E-state index >= 15 is 0 Å². The summed E-state index contributed by atoms with van der Waals surface area (Å²) in [7, 11) is 0. The Labute approximate surface area is 110 Å². The van der Waals surface area contributed by atoms with Crippen LogP contribution in [0, 0.1) is 11.8 Å². The number of hydrogen-bond acceptors (Lipinski definition) is 3. The Balaban J connectivity index is 1.83. The van der Waals surface area contributed by atoms with Crippen LogP contribution in [0.1, 0.15) is 44.2 Å². The molecular formula is C15H24N2O. The molecule has 1 aliphatic carbocycles. The minimum absolute atomic E-state index is 0.343. The van der Waals surface area contributed by atoms with Gasteiger partial charge in [-0.1, -0.05) is 12.8 Å². The van der Waals surface area contributed by atoms with Crippen molar-refractivity contribution < 1.29 is 5.11 Å². The van der Waals surface area contributed by atoms with Crippen molar-refractivity contribution in [1.82, 2.24) is 10.3 Å². The van der Waals surface area contributed by atoms with Crippen LogP contribution in [0.5, 0.6) is 0 Å². The van der Waals surface area contributed by atoms with Crippen LogP contribution in [0.2, 0.25) is 0 Å². The first-order valence-electron chi connectivity index (χ1n) is 7.05. The van der Waals surface area contributed by atoms with Gasteiger partial charge >= 0.3 is 0 Å². The Morgan fingerprint density at radius 1 is 1.28 bits per heavy atom. The molecule has 3 nitrogen and oxygen atoms in total. The lowest BCUT2D eigenvalue weighted by Crippen LogP contribution is -2.33. The predicted octanol–water partition coefficient (Wildman–Crippen LogP) is 2.53. The van der Waals surface area contributed by atoms with E-state index in [0.717, 1.165) is 6.54 Å². The van der Waals surface area contributed by atoms with Gasteiger partial charge in [0.2, 0.25) is 0 Å². The molecule has 0 aliphatic heterocycles. The van der Waals surface area contributed by atoms with Crippen LogP contribution < -0.4 is 5.32 Å². The molecule has 100 valence electrons. The molecule has 3 atom stereocenters. The molecule has 2 N–H and O–H groups in total. The highest BCUT2D eigenvalue weighted by Gasteiger charge is 2.24. The maximum Gasteiger partial charge on any atom is 0.0462 e. The zero-order chi connectivity index (χ0) is 12.8. The summed E-state index contributed by atoms with van der Waals surface area (Å²) >= 11 is 0. The van der Waals surface area contributed by atoms with Gasteiger partial charge in [-0.15, -0.1) is 0 Å². The monoisotopic (exact) mass is 248 g/mol. The molecule has 1 saturated carbocycles. The Hall–Kier alpha value is -0.930. The highest BCUT2D eigenvalue weighted by atomic mass is 16.3. The fourth-order valence-corrected chi connectivity index (χ4v) is 2.89. The molecule has 0 bridgehead atoms. The second kappa shape index (κ2) is 6.86. The maximum atomic E-state index is 9.41. The lowest BCUT2D eigenvalue weighted by atomic mass is 9.79. The molecule has 0 amide bonds. The third-order valence-corrected chi connectivity index (χ3v) is 4.19. The van der Waals surface area contributed by atoms with E-state index in [4.69, 9.17) is 0 Å². The molecule has 3 unspecified atom stereocenters. The van der Waals surface area contributed by atoms with Gasteiger partial charge in [-0.05, 0) is 55.8 Å². The van der Waals surface area contributed by atoms with E-state index in [-0.39, 0.29) is 0 Å². The number of pyridine rings is 1. The molecule has 0 radical (unpaired) electrons. The van der Waals surface area contributed by atoms with Crippen molar-refractivity contribution in [3.63, 3.8) is 0 Å². The van der Waals surface area contributed by atoms with Crippen molar-refractivity contribution in [2.75, 3.05) is 13.2 Å². The van der Waals surface area contributed by atoms with Gasteiger partial charge in [-0.25, -0.2) is 0 Å². The lowest BCUT2D eigenvalue weighted by Gasteiger charge is -2.31. The van der Waals surface area contributed by atoms with Crippen molar-refractivity contribution in [1.29, 1.82) is 0 Å². The van der Waals surface area contributed by atoms with Crippen LogP contribution in [-0.2, 0) is 0 Å². The normalized spacial score (nSPS) is 25.9. The standard InChI is InChI=1S/C15H24N2O/c1-12(13-6-8-16-9-7-13)17-10-14-4-2-3-5-15(14)11-18/h6-9,12,14-15,17-18H,2-5,10-11H2,1H3. The van der Waals surface area contributed by atoms with E-state index in [1.807, 2.05) is 12.4 Å². The Morgan fingerprint density at radius 3 is 2.61 bits per heavy atom. The van der Waals surface area contributed by atoms with Gasteiger partial charge in [-0.2, -0.15) is 0 Å². The predicted molar refractivity (Wildman–Crippen MR) is 73.2 cm³/mol. The molecule has 1 aliphatic rings. The number of aromatic nitrogens is 1. The minimum atomic E-state index is 0.343. The lowest BCUT2D eigenvalue weighted by molar-refractivity contribution is 0.131. The van der Waals surface area contributed by atoms with Crippen LogP contribution in [0.3, 0.4) is 0 Å². The van der Waals surface area contributed by atoms with Crippen LogP contribution in [0.4, 0.5) is 0 Å². The van der Waals surface area contributed by atoms with Gasteiger partial charge in [0, 0.05) is 25.0 Å². The highest BCUT2D eigenvalue weighted by Crippen LogP contribution is 2.29. The number of rotatable bonds is 5. The van der Waals surface area contributed by atoms with Crippen LogP contribution in [0.25, 0.3) is 0 Å². The van der Waals surface area contributed by atoms with Crippen LogP contribution in [-0.4, -0.2) is 23.2 Å². The molecule has 1 aromatic rings. The number of aliphatic hydroxyl groups is 1. The first kappa shape index (κ1) is 13.5. The quantitative estimate of drug-likeness (QED) is 0.841. The van der Waals surface area contributed by atoms with Crippen molar-refractivity contribution in [2.24, 2.45) is 11.8 Å². The second-order valence-electron chi connectivity index (χ2n) is 5.40. The van der Waals surface area contributed by atoms with Crippen molar-refractivity contribution in [2.45, 2.75) is 38.6 Å². The molecule has 1 fully saturated rings.